The molecule has 4 heterocycles. The molecule has 0 N–H and O–H groups in total. The summed E-state index contributed by atoms with van der Waals surface area (Å²) in [6.07, 6.45) is 0. The normalized spacial score (nSPS) is 13.4. The van der Waals surface area contributed by atoms with Crippen LogP contribution >= 0.6 is 0 Å². The predicted octanol–water partition coefficient (Wildman–Crippen LogP) is 23.7. The number of aromatic nitrogens is 1. The van der Waals surface area contributed by atoms with Crippen LogP contribution < -0.4 is 9.80 Å². The molecule has 16 aromatic rings. The van der Waals surface area contributed by atoms with E-state index in [9.17, 15) is 0 Å². The number of aryl methyl sites for hydroxylation is 2. The Morgan fingerprint density at radius 2 is 0.689 bits per heavy atom. The fourth-order valence-electron chi connectivity index (χ4n) is 16.2. The molecule has 5 heteroatoms. The van der Waals surface area contributed by atoms with Gasteiger partial charge < -0.3 is 23.2 Å². The van der Waals surface area contributed by atoms with Crippen molar-refractivity contribution in [3.05, 3.63) is 293 Å². The molecule has 432 valence electrons. The van der Waals surface area contributed by atoms with Crippen molar-refractivity contribution in [1.29, 1.82) is 0 Å². The molecule has 0 saturated heterocycles. The minimum Gasteiger partial charge on any atom is -0.454 e. The lowest BCUT2D eigenvalue weighted by molar-refractivity contribution is 0.572. The van der Waals surface area contributed by atoms with Crippen LogP contribution in [0.2, 0.25) is 0 Å². The van der Waals surface area contributed by atoms with Crippen LogP contribution in [0.1, 0.15) is 86.1 Å². The van der Waals surface area contributed by atoms with Crippen LogP contribution in [0.4, 0.5) is 34.1 Å². The highest BCUT2D eigenvalue weighted by molar-refractivity contribution is 6.22. The summed E-state index contributed by atoms with van der Waals surface area (Å²) < 4.78 is 17.4. The second-order valence-corrected chi connectivity index (χ2v) is 27.2. The van der Waals surface area contributed by atoms with Crippen molar-refractivity contribution >= 4 is 121 Å². The molecule has 0 radical (unpaired) electrons. The summed E-state index contributed by atoms with van der Waals surface area (Å²) in [5, 5.41) is 11.5. The summed E-state index contributed by atoms with van der Waals surface area (Å²) in [4.78, 5) is 5.04. The maximum Gasteiger partial charge on any atom is 0.159 e. The van der Waals surface area contributed by atoms with E-state index in [1.165, 1.54) is 82.8 Å². The Bertz CT molecular complexity index is 5490. The zero-order valence-electron chi connectivity index (χ0n) is 51.8. The van der Waals surface area contributed by atoms with Crippen LogP contribution in [-0.2, 0) is 16.2 Å². The third-order valence-corrected chi connectivity index (χ3v) is 20.1. The molecule has 0 unspecified atom stereocenters. The molecule has 3 aromatic heterocycles. The monoisotopic (exact) mass is 1160 g/mol. The van der Waals surface area contributed by atoms with E-state index in [1.807, 2.05) is 0 Å². The summed E-state index contributed by atoms with van der Waals surface area (Å²) >= 11 is 0. The Morgan fingerprint density at radius 3 is 1.20 bits per heavy atom. The zero-order chi connectivity index (χ0) is 60.7. The lowest BCUT2D eigenvalue weighted by Gasteiger charge is -2.40. The maximum absolute atomic E-state index is 7.40. The smallest absolute Gasteiger partial charge is 0.159 e. The van der Waals surface area contributed by atoms with Gasteiger partial charge in [-0.05, 0) is 128 Å². The zero-order valence-corrected chi connectivity index (χ0v) is 51.8. The van der Waals surface area contributed by atoms with E-state index in [4.69, 9.17) is 8.83 Å². The van der Waals surface area contributed by atoms with Crippen molar-refractivity contribution in [2.75, 3.05) is 9.80 Å². The summed E-state index contributed by atoms with van der Waals surface area (Å²) in [5.41, 5.74) is 24.3. The Morgan fingerprint density at radius 1 is 0.311 bits per heavy atom. The van der Waals surface area contributed by atoms with E-state index in [-0.39, 0.29) is 10.8 Å². The topological polar surface area (TPSA) is 37.7 Å². The third-order valence-electron chi connectivity index (χ3n) is 20.1. The molecule has 13 aromatic carbocycles. The van der Waals surface area contributed by atoms with Gasteiger partial charge in [0.2, 0.25) is 0 Å². The van der Waals surface area contributed by atoms with Crippen LogP contribution in [0.15, 0.2) is 258 Å². The number of hydrogen-bond donors (Lipinski definition) is 0. The summed E-state index contributed by atoms with van der Waals surface area (Å²) in [5.74, 6) is 0. The highest BCUT2D eigenvalue weighted by Crippen LogP contribution is 2.66. The van der Waals surface area contributed by atoms with Gasteiger partial charge in [0.1, 0.15) is 11.2 Å². The van der Waals surface area contributed by atoms with Gasteiger partial charge in [-0.3, -0.25) is 0 Å². The van der Waals surface area contributed by atoms with Gasteiger partial charge in [0.25, 0.3) is 0 Å². The third kappa shape index (κ3) is 7.03. The van der Waals surface area contributed by atoms with Gasteiger partial charge in [-0.1, -0.05) is 242 Å². The first kappa shape index (κ1) is 52.5. The van der Waals surface area contributed by atoms with Crippen molar-refractivity contribution in [3.63, 3.8) is 0 Å². The number of benzene rings is 13. The summed E-state index contributed by atoms with van der Waals surface area (Å²) in [6, 6.07) is 93.4. The second kappa shape index (κ2) is 18.7. The molecular weight excluding hydrogens is 1090 g/mol. The molecule has 2 aliphatic rings. The second-order valence-electron chi connectivity index (χ2n) is 27.2. The summed E-state index contributed by atoms with van der Waals surface area (Å²) in [7, 11) is 0. The van der Waals surface area contributed by atoms with E-state index in [2.05, 4.69) is 318 Å². The first-order valence-electron chi connectivity index (χ1n) is 31.7. The average molecular weight is 1160 g/mol. The number of rotatable bonds is 6. The largest absolute Gasteiger partial charge is 0.454 e. The number of furan rings is 2. The number of hydrogen-bond acceptors (Lipinski definition) is 4. The minimum absolute atomic E-state index is 0.147. The van der Waals surface area contributed by atoms with Gasteiger partial charge in [0, 0.05) is 65.6 Å². The number of fused-ring (bicyclic) bond motifs is 22. The molecule has 0 fully saturated rings. The van der Waals surface area contributed by atoms with Gasteiger partial charge in [0.05, 0.1) is 44.9 Å². The standard InChI is InChI=1S/C85H65N3O2/c1-50-26-9-17-42-68(50)86(72-46-24-36-60-58-34-22-40-64(83(3,4)5)79(58)89-81(60)72)74-48-66-76(55-31-13-11-28-52(55)74)77-56-32-14-12-29-53(56)75(49-67(77)85(66)62-38-16-20-45-71(62)88-70-44-19-15-30-54(70)57-33-21-39-63(85)78(57)88)87(69-43-18-10-27-51(69)2)73-47-25-37-61-59-35-23-41-65(84(6,7)8)80(59)90-82(61)73/h9-49H,1-8H3. The molecular formula is C85H65N3O2. The molecule has 0 saturated carbocycles. The highest BCUT2D eigenvalue weighted by Gasteiger charge is 2.53. The first-order chi connectivity index (χ1) is 43.8. The molecule has 1 aliphatic carbocycles. The van der Waals surface area contributed by atoms with Crippen LogP contribution in [0.5, 0.6) is 0 Å². The fraction of sp³-hybridized carbons (Fsp3) is 0.129. The van der Waals surface area contributed by atoms with E-state index in [1.54, 1.807) is 0 Å². The van der Waals surface area contributed by atoms with E-state index >= 15 is 0 Å². The highest BCUT2D eigenvalue weighted by atomic mass is 16.3. The number of nitrogens with zero attached hydrogens (tertiary/aromatic N) is 3. The molecule has 0 atom stereocenters. The number of anilines is 6. The van der Waals surface area contributed by atoms with Crippen molar-refractivity contribution in [1.82, 2.24) is 4.57 Å². The quantitative estimate of drug-likeness (QED) is 0.166. The Balaban J connectivity index is 1.02. The Labute approximate surface area is 523 Å². The van der Waals surface area contributed by atoms with Crippen molar-refractivity contribution in [3.8, 4) is 16.8 Å². The maximum atomic E-state index is 7.40. The van der Waals surface area contributed by atoms with Gasteiger partial charge in [-0.25, -0.2) is 0 Å². The van der Waals surface area contributed by atoms with Gasteiger partial charge in [0.15, 0.2) is 11.2 Å². The van der Waals surface area contributed by atoms with E-state index in [0.29, 0.717) is 0 Å². The minimum atomic E-state index is -0.891. The number of para-hydroxylation sites is 9. The Kier molecular flexibility index (Phi) is 10.9. The van der Waals surface area contributed by atoms with Gasteiger partial charge in [-0.2, -0.15) is 0 Å². The first-order valence-corrected chi connectivity index (χ1v) is 31.7. The van der Waals surface area contributed by atoms with Crippen LogP contribution in [0.25, 0.3) is 104 Å². The lowest BCUT2D eigenvalue weighted by atomic mass is 9.65. The van der Waals surface area contributed by atoms with Crippen molar-refractivity contribution in [2.45, 2.75) is 71.6 Å². The molecule has 1 spiro atoms. The van der Waals surface area contributed by atoms with E-state index in [0.717, 1.165) is 99.9 Å². The molecule has 0 bridgehead atoms. The fourth-order valence-corrected chi connectivity index (χ4v) is 16.2. The van der Waals surface area contributed by atoms with Crippen LogP contribution in [0, 0.1) is 13.8 Å². The molecule has 5 nitrogen and oxygen atoms in total. The Hall–Kier alpha value is -10.6. The summed E-state index contributed by atoms with van der Waals surface area (Å²) in [6.45, 7) is 18.1. The van der Waals surface area contributed by atoms with Crippen LogP contribution in [0.3, 0.4) is 0 Å². The van der Waals surface area contributed by atoms with Crippen molar-refractivity contribution < 1.29 is 8.83 Å². The molecule has 1 aliphatic heterocycles. The predicted molar refractivity (Wildman–Crippen MR) is 377 cm³/mol. The average Bonchev–Trinajstić information content (AvgIpc) is 1.47. The SMILES string of the molecule is Cc1ccccc1N(c1cc2c(c3ccccc13)-c1c(cc(N(c3ccccc3C)c3cccc4c3oc3c(C(C)(C)C)cccc34)c3ccccc13)C21c2ccccc2-n2c3ccccc3c3cccc1c32)c1cccc2c1oc1c(C(C)(C)C)cccc12. The van der Waals surface area contributed by atoms with E-state index < -0.39 is 5.41 Å². The molecule has 18 rings (SSSR count). The van der Waals surface area contributed by atoms with Crippen LogP contribution in [-0.4, -0.2) is 4.57 Å². The molecule has 90 heavy (non-hydrogen) atoms. The molecule has 0 amide bonds. The van der Waals surface area contributed by atoms with Gasteiger partial charge >= 0.3 is 0 Å². The van der Waals surface area contributed by atoms with Gasteiger partial charge in [-0.15, -0.1) is 0 Å². The lowest BCUT2D eigenvalue weighted by Crippen LogP contribution is -2.34. The van der Waals surface area contributed by atoms with Crippen molar-refractivity contribution in [2.24, 2.45) is 0 Å².